The molecule has 0 spiro atoms. The van der Waals surface area contributed by atoms with E-state index in [0.717, 1.165) is 0 Å². The summed E-state index contributed by atoms with van der Waals surface area (Å²) in [6.07, 6.45) is 3.15. The van der Waals surface area contributed by atoms with Gasteiger partial charge in [-0.25, -0.2) is 8.42 Å². The third-order valence-electron chi connectivity index (χ3n) is 3.43. The molecule has 0 saturated heterocycles. The zero-order chi connectivity index (χ0) is 15.0. The molecular formula is C13H14N4O3S. The number of aromatic nitrogens is 2. The molecule has 21 heavy (non-hydrogen) atoms. The molecule has 0 radical (unpaired) electrons. The molecule has 1 aliphatic heterocycles. The quantitative estimate of drug-likeness (QED) is 0.667. The van der Waals surface area contributed by atoms with E-state index in [-0.39, 0.29) is 11.4 Å². The molecule has 1 aliphatic rings. The number of sulfonamides is 1. The Balaban J connectivity index is 2.12. The zero-order valence-electron chi connectivity index (χ0n) is 11.3. The van der Waals surface area contributed by atoms with Crippen LogP contribution in [-0.2, 0) is 17.1 Å². The van der Waals surface area contributed by atoms with Gasteiger partial charge < -0.3 is 5.21 Å². The lowest BCUT2D eigenvalue weighted by Crippen LogP contribution is -2.37. The number of benzene rings is 1. The van der Waals surface area contributed by atoms with Gasteiger partial charge in [-0.3, -0.25) is 8.99 Å². The van der Waals surface area contributed by atoms with Gasteiger partial charge in [-0.1, -0.05) is 23.4 Å². The summed E-state index contributed by atoms with van der Waals surface area (Å²) >= 11 is 0. The summed E-state index contributed by atoms with van der Waals surface area (Å²) in [6, 6.07) is 6.98. The molecule has 2 aromatic rings. The summed E-state index contributed by atoms with van der Waals surface area (Å²) in [5.74, 6) is 0. The Bertz CT molecular complexity index is 810. The molecule has 0 atom stereocenters. The molecule has 0 fully saturated rings. The lowest BCUT2D eigenvalue weighted by Gasteiger charge is -2.30. The minimum Gasteiger partial charge on any atom is -0.411 e. The maximum absolute atomic E-state index is 12.7. The topological polar surface area (TPSA) is 87.8 Å². The summed E-state index contributed by atoms with van der Waals surface area (Å²) in [6.45, 7) is 0.230. The van der Waals surface area contributed by atoms with Crippen LogP contribution in [0.25, 0.3) is 0 Å². The predicted molar refractivity (Wildman–Crippen MR) is 77.1 cm³/mol. The summed E-state index contributed by atoms with van der Waals surface area (Å²) in [5.41, 5.74) is 1.63. The second-order valence-electron chi connectivity index (χ2n) is 4.74. The molecule has 1 aromatic carbocycles. The van der Waals surface area contributed by atoms with Gasteiger partial charge in [-0.2, -0.15) is 5.10 Å². The number of hydrogen-bond acceptors (Lipinski definition) is 5. The lowest BCUT2D eigenvalue weighted by molar-refractivity contribution is 0.318. The van der Waals surface area contributed by atoms with E-state index < -0.39 is 10.0 Å². The summed E-state index contributed by atoms with van der Waals surface area (Å²) in [5, 5.41) is 16.2. The average Bonchev–Trinajstić information content (AvgIpc) is 2.93. The number of para-hydroxylation sites is 1. The van der Waals surface area contributed by atoms with Crippen molar-refractivity contribution in [3.05, 3.63) is 42.2 Å². The van der Waals surface area contributed by atoms with Crippen LogP contribution in [0.3, 0.4) is 0 Å². The normalized spacial score (nSPS) is 17.0. The number of fused-ring (bicyclic) bond motifs is 1. The fourth-order valence-corrected chi connectivity index (χ4v) is 3.88. The molecule has 8 heteroatoms. The van der Waals surface area contributed by atoms with Crippen molar-refractivity contribution in [2.75, 3.05) is 10.8 Å². The van der Waals surface area contributed by atoms with Crippen LogP contribution in [0.2, 0.25) is 0 Å². The molecule has 0 saturated carbocycles. The van der Waals surface area contributed by atoms with E-state index >= 15 is 0 Å². The summed E-state index contributed by atoms with van der Waals surface area (Å²) < 4.78 is 28.2. The van der Waals surface area contributed by atoms with Crippen LogP contribution in [0.4, 0.5) is 5.69 Å². The van der Waals surface area contributed by atoms with Gasteiger partial charge in [0, 0.05) is 31.8 Å². The summed E-state index contributed by atoms with van der Waals surface area (Å²) in [4.78, 5) is 0.143. The molecule has 0 bridgehead atoms. The van der Waals surface area contributed by atoms with Crippen LogP contribution >= 0.6 is 0 Å². The van der Waals surface area contributed by atoms with E-state index in [1.54, 1.807) is 31.3 Å². The van der Waals surface area contributed by atoms with Crippen molar-refractivity contribution < 1.29 is 13.6 Å². The first-order valence-electron chi connectivity index (χ1n) is 6.36. The largest absolute Gasteiger partial charge is 0.411 e. The first-order valence-corrected chi connectivity index (χ1v) is 7.80. The first-order chi connectivity index (χ1) is 10.0. The maximum atomic E-state index is 12.7. The summed E-state index contributed by atoms with van der Waals surface area (Å²) in [7, 11) is -2.01. The Labute approximate surface area is 122 Å². The highest BCUT2D eigenvalue weighted by molar-refractivity contribution is 7.92. The minimum absolute atomic E-state index is 0.143. The van der Waals surface area contributed by atoms with E-state index in [1.165, 1.54) is 21.4 Å². The van der Waals surface area contributed by atoms with Crippen molar-refractivity contribution >= 4 is 21.4 Å². The van der Waals surface area contributed by atoms with Crippen molar-refractivity contribution in [1.29, 1.82) is 0 Å². The Morgan fingerprint density at radius 3 is 2.76 bits per heavy atom. The molecule has 1 N–H and O–H groups in total. The number of anilines is 1. The molecule has 1 aromatic heterocycles. The second kappa shape index (κ2) is 4.88. The first kappa shape index (κ1) is 13.6. The third kappa shape index (κ3) is 2.17. The molecule has 0 amide bonds. The van der Waals surface area contributed by atoms with Crippen LogP contribution < -0.4 is 4.31 Å². The Kier molecular flexibility index (Phi) is 3.17. The van der Waals surface area contributed by atoms with Crippen LogP contribution in [0.5, 0.6) is 0 Å². The maximum Gasteiger partial charge on any atom is 0.267 e. The average molecular weight is 306 g/mol. The smallest absolute Gasteiger partial charge is 0.267 e. The monoisotopic (exact) mass is 306 g/mol. The third-order valence-corrected chi connectivity index (χ3v) is 5.19. The van der Waals surface area contributed by atoms with Crippen LogP contribution in [-0.4, -0.2) is 35.7 Å². The van der Waals surface area contributed by atoms with Crippen molar-refractivity contribution in [3.63, 3.8) is 0 Å². The van der Waals surface area contributed by atoms with Crippen molar-refractivity contribution in [2.45, 2.75) is 11.3 Å². The Morgan fingerprint density at radius 1 is 1.33 bits per heavy atom. The fraction of sp³-hybridized carbons (Fsp3) is 0.231. The SMILES string of the molecule is Cn1cc(S(=O)(=O)N2CCC(=NO)c3ccccc32)cn1. The number of nitrogens with zero attached hydrogens (tertiary/aromatic N) is 4. The molecular weight excluding hydrogens is 292 g/mol. The predicted octanol–water partition coefficient (Wildman–Crippen LogP) is 1.20. The lowest BCUT2D eigenvalue weighted by atomic mass is 10.0. The molecule has 0 aliphatic carbocycles. The number of hydrogen-bond donors (Lipinski definition) is 1. The second-order valence-corrected chi connectivity index (χ2v) is 6.60. The molecule has 2 heterocycles. The van der Waals surface area contributed by atoms with Gasteiger partial charge >= 0.3 is 0 Å². The van der Waals surface area contributed by atoms with E-state index in [9.17, 15) is 8.42 Å². The fourth-order valence-electron chi connectivity index (χ4n) is 2.41. The number of rotatable bonds is 2. The minimum atomic E-state index is -3.67. The van der Waals surface area contributed by atoms with Gasteiger partial charge in [-0.05, 0) is 6.07 Å². The van der Waals surface area contributed by atoms with Gasteiger partial charge in [0.05, 0.1) is 17.6 Å². The highest BCUT2D eigenvalue weighted by Crippen LogP contribution is 2.31. The van der Waals surface area contributed by atoms with Gasteiger partial charge in [0.1, 0.15) is 4.90 Å². The number of aryl methyl sites for hydroxylation is 1. The van der Waals surface area contributed by atoms with Gasteiger partial charge in [0.25, 0.3) is 10.0 Å². The van der Waals surface area contributed by atoms with Crippen LogP contribution in [0.15, 0.2) is 46.7 Å². The van der Waals surface area contributed by atoms with E-state index in [4.69, 9.17) is 5.21 Å². The van der Waals surface area contributed by atoms with E-state index in [2.05, 4.69) is 10.3 Å². The molecule has 0 unspecified atom stereocenters. The van der Waals surface area contributed by atoms with E-state index in [0.29, 0.717) is 23.4 Å². The van der Waals surface area contributed by atoms with Crippen molar-refractivity contribution in [1.82, 2.24) is 9.78 Å². The van der Waals surface area contributed by atoms with Crippen molar-refractivity contribution in [2.24, 2.45) is 12.2 Å². The number of oxime groups is 1. The Morgan fingerprint density at radius 2 is 2.10 bits per heavy atom. The Hall–Kier alpha value is -2.35. The van der Waals surface area contributed by atoms with Gasteiger partial charge in [-0.15, -0.1) is 0 Å². The molecule has 7 nitrogen and oxygen atoms in total. The standard InChI is InChI=1S/C13H14N4O3S/c1-16-9-10(8-14-16)21(19,20)17-7-6-12(15-18)11-4-2-3-5-13(11)17/h2-5,8-9,18H,6-7H2,1H3. The van der Waals surface area contributed by atoms with Crippen molar-refractivity contribution in [3.8, 4) is 0 Å². The molecule has 3 rings (SSSR count). The van der Waals surface area contributed by atoms with Crippen LogP contribution in [0, 0.1) is 0 Å². The highest BCUT2D eigenvalue weighted by atomic mass is 32.2. The zero-order valence-corrected chi connectivity index (χ0v) is 12.2. The van der Waals surface area contributed by atoms with E-state index in [1.807, 2.05) is 0 Å². The molecule has 110 valence electrons. The van der Waals surface area contributed by atoms with Gasteiger partial charge in [0.15, 0.2) is 0 Å². The van der Waals surface area contributed by atoms with Gasteiger partial charge in [0.2, 0.25) is 0 Å². The highest BCUT2D eigenvalue weighted by Gasteiger charge is 2.32. The van der Waals surface area contributed by atoms with Crippen LogP contribution in [0.1, 0.15) is 12.0 Å².